The minimum atomic E-state index is -3.32. The van der Waals surface area contributed by atoms with Gasteiger partial charge in [-0.1, -0.05) is 17.7 Å². The zero-order valence-corrected chi connectivity index (χ0v) is 14.4. The lowest BCUT2D eigenvalue weighted by molar-refractivity contribution is 0.0911. The van der Waals surface area contributed by atoms with Crippen LogP contribution in [-0.4, -0.2) is 57.2 Å². The van der Waals surface area contributed by atoms with E-state index in [-0.39, 0.29) is 25.1 Å². The highest BCUT2D eigenvalue weighted by molar-refractivity contribution is 7.88. The average Bonchev–Trinajstić information content (AvgIpc) is 2.99. The fourth-order valence-electron chi connectivity index (χ4n) is 2.51. The lowest BCUT2D eigenvalue weighted by atomic mass is 10.1. The van der Waals surface area contributed by atoms with Gasteiger partial charge < -0.3 is 10.1 Å². The molecule has 0 radical (unpaired) electrons. The molecule has 1 amide bonds. The summed E-state index contributed by atoms with van der Waals surface area (Å²) >= 11 is 0. The van der Waals surface area contributed by atoms with Gasteiger partial charge in [0.15, 0.2) is 0 Å². The van der Waals surface area contributed by atoms with Gasteiger partial charge in [-0.2, -0.15) is 4.31 Å². The number of carbonyl (C=O) groups is 1. The molecule has 2 rings (SSSR count). The number of nitrogens with one attached hydrogen (secondary N) is 1. The van der Waals surface area contributed by atoms with Crippen molar-refractivity contribution in [3.8, 4) is 0 Å². The Morgan fingerprint density at radius 1 is 1.35 bits per heavy atom. The number of sulfonamides is 1. The largest absolute Gasteiger partial charge is 0.377 e. The number of hydrogen-bond donors (Lipinski definition) is 1. The van der Waals surface area contributed by atoms with E-state index in [4.69, 9.17) is 4.74 Å². The SMILES string of the molecule is Cc1ccc(C(=O)NCCN(CC2CCCO2)S(C)(=O)=O)cc1. The van der Waals surface area contributed by atoms with Crippen molar-refractivity contribution in [3.05, 3.63) is 35.4 Å². The number of benzene rings is 1. The van der Waals surface area contributed by atoms with Crippen LogP contribution in [0.1, 0.15) is 28.8 Å². The topological polar surface area (TPSA) is 75.7 Å². The van der Waals surface area contributed by atoms with Gasteiger partial charge in [0.25, 0.3) is 5.91 Å². The molecule has 7 heteroatoms. The Bertz CT molecular complexity index is 622. The smallest absolute Gasteiger partial charge is 0.251 e. The van der Waals surface area contributed by atoms with Crippen LogP contribution in [-0.2, 0) is 14.8 Å². The molecule has 0 aliphatic carbocycles. The molecule has 1 aliphatic rings. The predicted octanol–water partition coefficient (Wildman–Crippen LogP) is 1.17. The molecule has 1 aromatic rings. The summed E-state index contributed by atoms with van der Waals surface area (Å²) in [4.78, 5) is 12.0. The first-order chi connectivity index (χ1) is 10.9. The van der Waals surface area contributed by atoms with Gasteiger partial charge in [0, 0.05) is 31.8 Å². The molecule has 1 fully saturated rings. The lowest BCUT2D eigenvalue weighted by Gasteiger charge is -2.23. The summed E-state index contributed by atoms with van der Waals surface area (Å²) in [6.45, 7) is 3.51. The Morgan fingerprint density at radius 2 is 2.04 bits per heavy atom. The van der Waals surface area contributed by atoms with E-state index in [0.717, 1.165) is 18.4 Å². The maximum Gasteiger partial charge on any atom is 0.251 e. The molecule has 1 aliphatic heterocycles. The van der Waals surface area contributed by atoms with Crippen molar-refractivity contribution >= 4 is 15.9 Å². The number of rotatable bonds is 7. The first-order valence-corrected chi connectivity index (χ1v) is 9.62. The number of aryl methyl sites for hydroxylation is 1. The minimum absolute atomic E-state index is 0.0440. The summed E-state index contributed by atoms with van der Waals surface area (Å²) in [5, 5.41) is 2.76. The maximum atomic E-state index is 12.0. The molecule has 128 valence electrons. The van der Waals surface area contributed by atoms with Crippen molar-refractivity contribution in [1.29, 1.82) is 0 Å². The van der Waals surface area contributed by atoms with Gasteiger partial charge in [0.05, 0.1) is 12.4 Å². The number of nitrogens with zero attached hydrogens (tertiary/aromatic N) is 1. The van der Waals surface area contributed by atoms with Crippen LogP contribution in [0.4, 0.5) is 0 Å². The molecule has 1 N–H and O–H groups in total. The quantitative estimate of drug-likeness (QED) is 0.808. The van der Waals surface area contributed by atoms with E-state index < -0.39 is 10.0 Å². The van der Waals surface area contributed by atoms with Gasteiger partial charge in [-0.3, -0.25) is 4.79 Å². The Morgan fingerprint density at radius 3 is 2.61 bits per heavy atom. The summed E-state index contributed by atoms with van der Waals surface area (Å²) in [6.07, 6.45) is 2.98. The highest BCUT2D eigenvalue weighted by Gasteiger charge is 2.24. The van der Waals surface area contributed by atoms with Gasteiger partial charge in [-0.05, 0) is 31.9 Å². The molecule has 0 aromatic heterocycles. The normalized spacial score (nSPS) is 18.3. The molecule has 1 aromatic carbocycles. The van der Waals surface area contributed by atoms with Crippen molar-refractivity contribution in [2.45, 2.75) is 25.9 Å². The summed E-state index contributed by atoms with van der Waals surface area (Å²) < 4.78 is 30.6. The molecule has 1 heterocycles. The Kier molecular flexibility index (Phi) is 6.15. The monoisotopic (exact) mass is 340 g/mol. The van der Waals surface area contributed by atoms with Crippen LogP contribution in [0.5, 0.6) is 0 Å². The predicted molar refractivity (Wildman–Crippen MR) is 88.9 cm³/mol. The molecule has 1 saturated heterocycles. The molecule has 0 bridgehead atoms. The van der Waals surface area contributed by atoms with Gasteiger partial charge in [-0.15, -0.1) is 0 Å². The average molecular weight is 340 g/mol. The molecular weight excluding hydrogens is 316 g/mol. The van der Waals surface area contributed by atoms with Crippen LogP contribution in [0.2, 0.25) is 0 Å². The Balaban J connectivity index is 1.85. The zero-order valence-electron chi connectivity index (χ0n) is 13.6. The summed E-state index contributed by atoms with van der Waals surface area (Å²) in [5.41, 5.74) is 1.65. The number of carbonyl (C=O) groups excluding carboxylic acids is 1. The van der Waals surface area contributed by atoms with Gasteiger partial charge in [-0.25, -0.2) is 8.42 Å². The Hall–Kier alpha value is -1.44. The highest BCUT2D eigenvalue weighted by atomic mass is 32.2. The zero-order chi connectivity index (χ0) is 16.9. The molecule has 1 unspecified atom stereocenters. The minimum Gasteiger partial charge on any atom is -0.377 e. The van der Waals surface area contributed by atoms with Crippen molar-refractivity contribution in [2.75, 3.05) is 32.5 Å². The summed E-state index contributed by atoms with van der Waals surface area (Å²) in [5.74, 6) is -0.199. The standard InChI is InChI=1S/C16H24N2O4S/c1-13-5-7-14(8-6-13)16(19)17-9-10-18(23(2,20)21)12-15-4-3-11-22-15/h5-8,15H,3-4,9-12H2,1-2H3,(H,17,19). The molecule has 0 spiro atoms. The van der Waals surface area contributed by atoms with E-state index in [9.17, 15) is 13.2 Å². The van der Waals surface area contributed by atoms with Crippen molar-refractivity contribution < 1.29 is 17.9 Å². The van der Waals surface area contributed by atoms with Crippen LogP contribution >= 0.6 is 0 Å². The first-order valence-electron chi connectivity index (χ1n) is 7.78. The van der Waals surface area contributed by atoms with E-state index in [0.29, 0.717) is 18.7 Å². The third-order valence-corrected chi connectivity index (χ3v) is 5.13. The van der Waals surface area contributed by atoms with Crippen molar-refractivity contribution in [3.63, 3.8) is 0 Å². The van der Waals surface area contributed by atoms with E-state index in [1.54, 1.807) is 12.1 Å². The van der Waals surface area contributed by atoms with Crippen LogP contribution in [0.25, 0.3) is 0 Å². The van der Waals surface area contributed by atoms with Crippen LogP contribution in [0.3, 0.4) is 0 Å². The van der Waals surface area contributed by atoms with E-state index >= 15 is 0 Å². The lowest BCUT2D eigenvalue weighted by Crippen LogP contribution is -2.41. The number of amides is 1. The van der Waals surface area contributed by atoms with Crippen molar-refractivity contribution in [2.24, 2.45) is 0 Å². The summed E-state index contributed by atoms with van der Waals surface area (Å²) in [6, 6.07) is 7.25. The van der Waals surface area contributed by atoms with Crippen molar-refractivity contribution in [1.82, 2.24) is 9.62 Å². The molecular formula is C16H24N2O4S. The second-order valence-electron chi connectivity index (χ2n) is 5.88. The van der Waals surface area contributed by atoms with Gasteiger partial charge in [0.2, 0.25) is 10.0 Å². The molecule has 0 saturated carbocycles. The fraction of sp³-hybridized carbons (Fsp3) is 0.562. The second kappa shape index (κ2) is 7.90. The molecule has 1 atom stereocenters. The van der Waals surface area contributed by atoms with E-state index in [2.05, 4.69) is 5.32 Å². The maximum absolute atomic E-state index is 12.0. The fourth-order valence-corrected chi connectivity index (χ4v) is 3.37. The third-order valence-electron chi connectivity index (χ3n) is 3.86. The van der Waals surface area contributed by atoms with Crippen LogP contribution < -0.4 is 5.32 Å². The number of hydrogen-bond acceptors (Lipinski definition) is 4. The third kappa shape index (κ3) is 5.60. The highest BCUT2D eigenvalue weighted by Crippen LogP contribution is 2.14. The van der Waals surface area contributed by atoms with Gasteiger partial charge >= 0.3 is 0 Å². The second-order valence-corrected chi connectivity index (χ2v) is 7.86. The van der Waals surface area contributed by atoms with Crippen LogP contribution in [0.15, 0.2) is 24.3 Å². The molecule has 23 heavy (non-hydrogen) atoms. The first kappa shape index (κ1) is 17.9. The molecule has 6 nitrogen and oxygen atoms in total. The van der Waals surface area contributed by atoms with E-state index in [1.807, 2.05) is 19.1 Å². The number of ether oxygens (including phenoxy) is 1. The van der Waals surface area contributed by atoms with Crippen LogP contribution in [0, 0.1) is 6.92 Å². The van der Waals surface area contributed by atoms with Gasteiger partial charge in [0.1, 0.15) is 0 Å². The Labute approximate surface area is 137 Å². The summed E-state index contributed by atoms with van der Waals surface area (Å²) in [7, 11) is -3.32. The van der Waals surface area contributed by atoms with E-state index in [1.165, 1.54) is 10.6 Å².